The molecular weight excluding hydrogens is 781 g/mol. The van der Waals surface area contributed by atoms with Crippen LogP contribution in [0.5, 0.6) is 0 Å². The zero-order valence-corrected chi connectivity index (χ0v) is 41.3. The number of hydrogen-bond acceptors (Lipinski definition) is 6. The van der Waals surface area contributed by atoms with Crippen molar-refractivity contribution in [2.75, 3.05) is 13.2 Å². The van der Waals surface area contributed by atoms with Crippen LogP contribution in [0.15, 0.2) is 72.9 Å². The van der Waals surface area contributed by atoms with Crippen LogP contribution in [-0.4, -0.2) is 37.2 Å². The lowest BCUT2D eigenvalue weighted by Crippen LogP contribution is -2.30. The standard InChI is InChI=1S/C57H98O6/c1-4-7-10-13-16-19-22-25-27-28-30-32-35-38-41-44-47-50-56(59)62-53-54(52-61-55(58)49-46-43-40-37-34-31-24-21-18-15-12-9-6-3)63-57(60)51-48-45-42-39-36-33-29-26-23-20-17-14-11-8-5-2/h7,10,16-17,19-21,24-27,29,54H,4-6,8-9,11-15,18,22-23,28,30-53H2,1-3H3/b10-7-,19-16-,20-17-,24-21-,27-25-,29-26-. The van der Waals surface area contributed by atoms with Crippen molar-refractivity contribution < 1.29 is 28.6 Å². The van der Waals surface area contributed by atoms with Crippen LogP contribution in [-0.2, 0) is 28.6 Å². The molecule has 0 spiro atoms. The molecule has 63 heavy (non-hydrogen) atoms. The highest BCUT2D eigenvalue weighted by molar-refractivity contribution is 5.71. The second kappa shape index (κ2) is 51.5. The van der Waals surface area contributed by atoms with Crippen LogP contribution >= 0.6 is 0 Å². The normalized spacial score (nSPS) is 12.6. The van der Waals surface area contributed by atoms with Gasteiger partial charge in [-0.15, -0.1) is 0 Å². The number of esters is 3. The molecule has 0 saturated heterocycles. The first-order chi connectivity index (χ1) is 31.0. The van der Waals surface area contributed by atoms with Gasteiger partial charge in [0, 0.05) is 19.3 Å². The third-order valence-corrected chi connectivity index (χ3v) is 11.2. The molecule has 6 heteroatoms. The molecule has 0 aliphatic carbocycles. The Hall–Kier alpha value is -3.15. The molecule has 0 bridgehead atoms. The van der Waals surface area contributed by atoms with E-state index in [2.05, 4.69) is 93.7 Å². The van der Waals surface area contributed by atoms with Gasteiger partial charge in [-0.05, 0) is 109 Å². The molecule has 6 nitrogen and oxygen atoms in total. The zero-order chi connectivity index (χ0) is 45.8. The minimum Gasteiger partial charge on any atom is -0.462 e. The molecule has 0 aromatic rings. The highest BCUT2D eigenvalue weighted by Crippen LogP contribution is 2.14. The van der Waals surface area contributed by atoms with E-state index in [1.54, 1.807) is 0 Å². The molecule has 0 amide bonds. The maximum Gasteiger partial charge on any atom is 0.306 e. The van der Waals surface area contributed by atoms with Gasteiger partial charge in [0.25, 0.3) is 0 Å². The first-order valence-electron chi connectivity index (χ1n) is 26.4. The van der Waals surface area contributed by atoms with E-state index >= 15 is 0 Å². The van der Waals surface area contributed by atoms with Crippen molar-refractivity contribution in [3.05, 3.63) is 72.9 Å². The van der Waals surface area contributed by atoms with Crippen molar-refractivity contribution in [1.29, 1.82) is 0 Å². The van der Waals surface area contributed by atoms with Crippen molar-refractivity contribution in [2.24, 2.45) is 0 Å². The summed E-state index contributed by atoms with van der Waals surface area (Å²) < 4.78 is 16.8. The van der Waals surface area contributed by atoms with Crippen LogP contribution < -0.4 is 0 Å². The van der Waals surface area contributed by atoms with Gasteiger partial charge in [0.05, 0.1) is 0 Å². The van der Waals surface area contributed by atoms with Crippen LogP contribution in [0.4, 0.5) is 0 Å². The molecule has 0 aromatic heterocycles. The Kier molecular flexibility index (Phi) is 48.9. The van der Waals surface area contributed by atoms with E-state index in [-0.39, 0.29) is 31.1 Å². The van der Waals surface area contributed by atoms with Crippen LogP contribution in [0, 0.1) is 0 Å². The summed E-state index contributed by atoms with van der Waals surface area (Å²) >= 11 is 0. The minimum absolute atomic E-state index is 0.0887. The monoisotopic (exact) mass is 879 g/mol. The van der Waals surface area contributed by atoms with Crippen LogP contribution in [0.1, 0.15) is 252 Å². The largest absolute Gasteiger partial charge is 0.462 e. The van der Waals surface area contributed by atoms with Gasteiger partial charge in [-0.1, -0.05) is 196 Å². The Bertz CT molecular complexity index is 1190. The third kappa shape index (κ3) is 49.7. The van der Waals surface area contributed by atoms with Crippen molar-refractivity contribution in [3.8, 4) is 0 Å². The van der Waals surface area contributed by atoms with E-state index in [1.807, 2.05) is 0 Å². The fourth-order valence-corrected chi connectivity index (χ4v) is 7.19. The Morgan fingerprint density at radius 1 is 0.333 bits per heavy atom. The van der Waals surface area contributed by atoms with Crippen molar-refractivity contribution in [1.82, 2.24) is 0 Å². The lowest BCUT2D eigenvalue weighted by atomic mass is 10.1. The van der Waals surface area contributed by atoms with Gasteiger partial charge in [-0.25, -0.2) is 0 Å². The smallest absolute Gasteiger partial charge is 0.306 e. The summed E-state index contributed by atoms with van der Waals surface area (Å²) in [5, 5.41) is 0. The van der Waals surface area contributed by atoms with E-state index in [1.165, 1.54) is 96.3 Å². The van der Waals surface area contributed by atoms with Gasteiger partial charge in [-0.2, -0.15) is 0 Å². The Morgan fingerprint density at radius 2 is 0.619 bits per heavy atom. The quantitative estimate of drug-likeness (QED) is 0.0262. The van der Waals surface area contributed by atoms with Crippen LogP contribution in [0.2, 0.25) is 0 Å². The molecule has 0 heterocycles. The average molecular weight is 879 g/mol. The molecule has 0 aromatic carbocycles. The maximum absolute atomic E-state index is 12.8. The van der Waals surface area contributed by atoms with Crippen LogP contribution in [0.25, 0.3) is 0 Å². The molecule has 1 atom stereocenters. The maximum atomic E-state index is 12.8. The molecular formula is C57H98O6. The van der Waals surface area contributed by atoms with Gasteiger partial charge in [-0.3, -0.25) is 14.4 Å². The van der Waals surface area contributed by atoms with E-state index in [0.717, 1.165) is 116 Å². The summed E-state index contributed by atoms with van der Waals surface area (Å²) in [5.74, 6) is -0.918. The molecule has 1 unspecified atom stereocenters. The number of allylic oxidation sites excluding steroid dienone is 12. The zero-order valence-electron chi connectivity index (χ0n) is 41.3. The molecule has 0 fully saturated rings. The summed E-state index contributed by atoms with van der Waals surface area (Å²) in [6, 6.07) is 0. The van der Waals surface area contributed by atoms with Gasteiger partial charge in [0.15, 0.2) is 6.10 Å². The topological polar surface area (TPSA) is 78.9 Å². The molecule has 362 valence electrons. The minimum atomic E-state index is -0.789. The summed E-state index contributed by atoms with van der Waals surface area (Å²) in [6.45, 7) is 6.46. The number of carbonyl (C=O) groups excluding carboxylic acids is 3. The fourth-order valence-electron chi connectivity index (χ4n) is 7.19. The lowest BCUT2D eigenvalue weighted by Gasteiger charge is -2.18. The number of hydrogen-bond donors (Lipinski definition) is 0. The first kappa shape index (κ1) is 59.9. The number of ether oxygens (including phenoxy) is 3. The number of carbonyl (C=O) groups is 3. The highest BCUT2D eigenvalue weighted by Gasteiger charge is 2.19. The van der Waals surface area contributed by atoms with E-state index < -0.39 is 6.10 Å². The summed E-state index contributed by atoms with van der Waals surface area (Å²) in [5.41, 5.74) is 0. The molecule has 0 rings (SSSR count). The molecule has 0 saturated carbocycles. The molecule has 0 N–H and O–H groups in total. The van der Waals surface area contributed by atoms with Crippen LogP contribution in [0.3, 0.4) is 0 Å². The van der Waals surface area contributed by atoms with Crippen molar-refractivity contribution >= 4 is 17.9 Å². The van der Waals surface area contributed by atoms with Gasteiger partial charge in [0.1, 0.15) is 13.2 Å². The van der Waals surface area contributed by atoms with Crippen molar-refractivity contribution in [2.45, 2.75) is 258 Å². The Labute approximate surface area is 389 Å². The lowest BCUT2D eigenvalue weighted by molar-refractivity contribution is -0.167. The second-order valence-corrected chi connectivity index (χ2v) is 17.4. The van der Waals surface area contributed by atoms with Gasteiger partial charge in [0.2, 0.25) is 0 Å². The predicted octanol–water partition coefficient (Wildman–Crippen LogP) is 17.4. The van der Waals surface area contributed by atoms with Gasteiger partial charge < -0.3 is 14.2 Å². The SMILES string of the molecule is CC/C=C\C/C=C\C/C=C\CCCCCCCCCC(=O)OCC(COC(=O)CCCCCCC/C=C\CCCCCC)OC(=O)CCCCCCC/C=C\C/C=C\CCCCC. The van der Waals surface area contributed by atoms with Gasteiger partial charge >= 0.3 is 17.9 Å². The summed E-state index contributed by atoms with van der Waals surface area (Å²) in [6.07, 6.45) is 64.5. The molecule has 0 aliphatic heterocycles. The Morgan fingerprint density at radius 3 is 1.02 bits per heavy atom. The Balaban J connectivity index is 4.42. The number of rotatable bonds is 47. The van der Waals surface area contributed by atoms with E-state index in [9.17, 15) is 14.4 Å². The highest BCUT2D eigenvalue weighted by atomic mass is 16.6. The van der Waals surface area contributed by atoms with Crippen molar-refractivity contribution in [3.63, 3.8) is 0 Å². The average Bonchev–Trinajstić information content (AvgIpc) is 3.28. The fraction of sp³-hybridized carbons (Fsp3) is 0.737. The third-order valence-electron chi connectivity index (χ3n) is 11.2. The van der Waals surface area contributed by atoms with E-state index in [4.69, 9.17) is 14.2 Å². The molecule has 0 aliphatic rings. The molecule has 0 radical (unpaired) electrons. The number of unbranched alkanes of at least 4 members (excludes halogenated alkanes) is 24. The van der Waals surface area contributed by atoms with E-state index in [0.29, 0.717) is 19.3 Å². The summed E-state index contributed by atoms with van der Waals surface area (Å²) in [4.78, 5) is 38.0. The summed E-state index contributed by atoms with van der Waals surface area (Å²) in [7, 11) is 0. The first-order valence-corrected chi connectivity index (χ1v) is 26.4. The second-order valence-electron chi connectivity index (χ2n) is 17.4. The predicted molar refractivity (Wildman–Crippen MR) is 270 cm³/mol.